The summed E-state index contributed by atoms with van der Waals surface area (Å²) in [4.78, 5) is 13.9. The molecule has 0 aliphatic carbocycles. The van der Waals surface area contributed by atoms with Gasteiger partial charge in [0.2, 0.25) is 0 Å². The van der Waals surface area contributed by atoms with E-state index in [9.17, 15) is 9.90 Å². The molecule has 1 heterocycles. The average molecular weight is 356 g/mol. The van der Waals surface area contributed by atoms with E-state index in [0.29, 0.717) is 6.10 Å². The Kier molecular flexibility index (Phi) is 13.8. The van der Waals surface area contributed by atoms with Crippen molar-refractivity contribution in [1.82, 2.24) is 4.90 Å². The van der Waals surface area contributed by atoms with Gasteiger partial charge in [-0.1, -0.05) is 19.8 Å². The van der Waals surface area contributed by atoms with E-state index in [1.165, 1.54) is 0 Å². The van der Waals surface area contributed by atoms with Crippen LogP contribution in [0.25, 0.3) is 0 Å². The third kappa shape index (κ3) is 8.05. The molecule has 4 nitrogen and oxygen atoms in total. The summed E-state index contributed by atoms with van der Waals surface area (Å²) in [6.07, 6.45) is 6.15. The molecule has 1 N–H and O–H groups in total. The Labute approximate surface area is 148 Å². The van der Waals surface area contributed by atoms with Gasteiger partial charge in [-0.15, -0.1) is 24.8 Å². The zero-order chi connectivity index (χ0) is 15.0. The van der Waals surface area contributed by atoms with Gasteiger partial charge >= 0.3 is 5.97 Å². The topological polar surface area (TPSA) is 49.8 Å². The first kappa shape index (κ1) is 24.3. The van der Waals surface area contributed by atoms with Gasteiger partial charge in [-0.25, -0.2) is 0 Å². The summed E-state index contributed by atoms with van der Waals surface area (Å²) in [6.45, 7) is 7.91. The SMILES string of the molecule is BC(CCCC)(CCN1CCC(OCC)CC1)C(=O)O.Cl.Cl. The summed E-state index contributed by atoms with van der Waals surface area (Å²) in [6, 6.07) is 0. The smallest absolute Gasteiger partial charge is 0.301 e. The predicted octanol–water partition coefficient (Wildman–Crippen LogP) is 2.79. The van der Waals surface area contributed by atoms with Crippen LogP contribution < -0.4 is 0 Å². The maximum absolute atomic E-state index is 11.5. The molecule has 0 radical (unpaired) electrons. The molecule has 0 amide bonds. The molecule has 0 bridgehead atoms. The number of carboxylic acids is 1. The van der Waals surface area contributed by atoms with E-state index in [1.807, 2.05) is 14.8 Å². The molecule has 1 aliphatic rings. The van der Waals surface area contributed by atoms with Crippen LogP contribution in [0.5, 0.6) is 0 Å². The van der Waals surface area contributed by atoms with Gasteiger partial charge in [-0.2, -0.15) is 0 Å². The molecule has 1 aliphatic heterocycles. The van der Waals surface area contributed by atoms with Crippen molar-refractivity contribution in [2.24, 2.45) is 0 Å². The van der Waals surface area contributed by atoms with Gasteiger partial charge in [0.15, 0.2) is 0 Å². The number of piperidine rings is 1. The first-order valence-corrected chi connectivity index (χ1v) is 8.09. The van der Waals surface area contributed by atoms with Crippen LogP contribution in [0.15, 0.2) is 0 Å². The molecule has 0 saturated carbocycles. The van der Waals surface area contributed by atoms with Crippen molar-refractivity contribution in [2.45, 2.75) is 63.8 Å². The summed E-state index contributed by atoms with van der Waals surface area (Å²) >= 11 is 0. The van der Waals surface area contributed by atoms with Crippen LogP contribution in [-0.2, 0) is 9.53 Å². The number of rotatable bonds is 9. The highest BCUT2D eigenvalue weighted by atomic mass is 35.5. The maximum atomic E-state index is 11.5. The summed E-state index contributed by atoms with van der Waals surface area (Å²) in [5.74, 6) is -0.643. The van der Waals surface area contributed by atoms with Gasteiger partial charge in [0.1, 0.15) is 7.85 Å². The van der Waals surface area contributed by atoms with Gasteiger partial charge in [0.25, 0.3) is 0 Å². The number of ether oxygens (including phenoxy) is 1. The van der Waals surface area contributed by atoms with Crippen molar-refractivity contribution < 1.29 is 14.6 Å². The van der Waals surface area contributed by atoms with Crippen molar-refractivity contribution in [3.05, 3.63) is 0 Å². The molecular weight excluding hydrogens is 324 g/mol. The Morgan fingerprint density at radius 2 is 1.86 bits per heavy atom. The number of unbranched alkanes of at least 4 members (excludes halogenated alkanes) is 1. The summed E-state index contributed by atoms with van der Waals surface area (Å²) in [7, 11) is 1.90. The van der Waals surface area contributed by atoms with E-state index in [-0.39, 0.29) is 24.8 Å². The van der Waals surface area contributed by atoms with E-state index < -0.39 is 11.3 Å². The fraction of sp³-hybridized carbons (Fsp3) is 0.933. The molecule has 0 aromatic rings. The highest BCUT2D eigenvalue weighted by Crippen LogP contribution is 2.34. The maximum Gasteiger partial charge on any atom is 0.301 e. The van der Waals surface area contributed by atoms with Crippen LogP contribution in [0.3, 0.4) is 0 Å². The van der Waals surface area contributed by atoms with E-state index in [1.54, 1.807) is 0 Å². The molecule has 0 aromatic heterocycles. The summed E-state index contributed by atoms with van der Waals surface area (Å²) < 4.78 is 5.65. The molecule has 1 saturated heterocycles. The van der Waals surface area contributed by atoms with E-state index in [4.69, 9.17) is 4.74 Å². The minimum absolute atomic E-state index is 0. The number of nitrogens with zero attached hydrogens (tertiary/aromatic N) is 1. The van der Waals surface area contributed by atoms with Gasteiger partial charge in [-0.3, -0.25) is 4.79 Å². The first-order chi connectivity index (χ1) is 9.51. The van der Waals surface area contributed by atoms with Crippen LogP contribution in [0.4, 0.5) is 0 Å². The summed E-state index contributed by atoms with van der Waals surface area (Å²) in [5, 5.41) is 8.90. The van der Waals surface area contributed by atoms with Gasteiger partial charge in [0.05, 0.1) is 6.10 Å². The Balaban J connectivity index is 0. The lowest BCUT2D eigenvalue weighted by Crippen LogP contribution is -2.39. The number of hydrogen-bond donors (Lipinski definition) is 1. The lowest BCUT2D eigenvalue weighted by atomic mass is 9.63. The number of carboxylic acid groups (broad SMARTS) is 1. The average Bonchev–Trinajstić information content (AvgIpc) is 2.44. The first-order valence-electron chi connectivity index (χ1n) is 8.09. The van der Waals surface area contributed by atoms with Crippen LogP contribution in [0, 0.1) is 0 Å². The van der Waals surface area contributed by atoms with Gasteiger partial charge in [-0.05, 0) is 39.2 Å². The van der Waals surface area contributed by atoms with Crippen LogP contribution in [0.2, 0.25) is 5.31 Å². The third-order valence-electron chi connectivity index (χ3n) is 4.52. The standard InChI is InChI=1S/C15H30BNO3.2ClH/c1-3-5-8-15(16,14(18)19)9-12-17-10-6-13(7-11-17)20-4-2;;/h13H,3-12,16H2,1-2H3,(H,18,19);2*1H. The molecule has 7 heteroatoms. The summed E-state index contributed by atoms with van der Waals surface area (Å²) in [5.41, 5.74) is 0. The molecule has 1 atom stereocenters. The number of hydrogen-bond acceptors (Lipinski definition) is 3. The zero-order valence-corrected chi connectivity index (χ0v) is 15.8. The number of aliphatic carboxylic acids is 1. The monoisotopic (exact) mass is 355 g/mol. The van der Waals surface area contributed by atoms with Crippen LogP contribution in [0.1, 0.15) is 52.4 Å². The highest BCUT2D eigenvalue weighted by molar-refractivity contribution is 6.26. The Morgan fingerprint density at radius 3 is 2.32 bits per heavy atom. The fourth-order valence-electron chi connectivity index (χ4n) is 2.85. The Morgan fingerprint density at radius 1 is 1.27 bits per heavy atom. The highest BCUT2D eigenvalue weighted by Gasteiger charge is 2.33. The van der Waals surface area contributed by atoms with Gasteiger partial charge in [0, 0.05) is 25.0 Å². The molecule has 0 spiro atoms. The zero-order valence-electron chi connectivity index (χ0n) is 14.2. The van der Waals surface area contributed by atoms with Crippen LogP contribution >= 0.6 is 24.8 Å². The van der Waals surface area contributed by atoms with Crippen molar-refractivity contribution in [2.75, 3.05) is 26.2 Å². The van der Waals surface area contributed by atoms with Crippen LogP contribution in [-0.4, -0.2) is 56.2 Å². The molecule has 22 heavy (non-hydrogen) atoms. The lowest BCUT2D eigenvalue weighted by molar-refractivity contribution is -0.141. The minimum Gasteiger partial charge on any atom is -0.481 e. The molecular formula is C15H32BCl2NO3. The largest absolute Gasteiger partial charge is 0.481 e. The van der Waals surface area contributed by atoms with Gasteiger partial charge < -0.3 is 14.7 Å². The van der Waals surface area contributed by atoms with Crippen molar-refractivity contribution in [3.63, 3.8) is 0 Å². The number of carbonyl (C=O) groups is 1. The Hall–Kier alpha value is 0.0349. The Bertz CT molecular complexity index is 303. The van der Waals surface area contributed by atoms with Crippen molar-refractivity contribution >= 4 is 38.6 Å². The van der Waals surface area contributed by atoms with E-state index >= 15 is 0 Å². The number of likely N-dealkylation sites (tertiary alicyclic amines) is 1. The molecule has 1 fully saturated rings. The normalized spacial score (nSPS) is 18.8. The second kappa shape index (κ2) is 12.5. The van der Waals surface area contributed by atoms with E-state index in [0.717, 1.165) is 64.8 Å². The number of halogens is 2. The van der Waals surface area contributed by atoms with E-state index in [2.05, 4.69) is 11.8 Å². The second-order valence-corrected chi connectivity index (χ2v) is 6.22. The molecule has 1 rings (SSSR count). The van der Waals surface area contributed by atoms with Crippen molar-refractivity contribution in [3.8, 4) is 0 Å². The van der Waals surface area contributed by atoms with Crippen molar-refractivity contribution in [1.29, 1.82) is 0 Å². The molecule has 132 valence electrons. The quantitative estimate of drug-likeness (QED) is 0.646. The predicted molar refractivity (Wildman–Crippen MR) is 98.6 cm³/mol. The third-order valence-corrected chi connectivity index (χ3v) is 4.52. The molecule has 0 aromatic carbocycles. The minimum atomic E-state index is -0.643. The fourth-order valence-corrected chi connectivity index (χ4v) is 2.85. The second-order valence-electron chi connectivity index (χ2n) is 6.22. The molecule has 1 unspecified atom stereocenters. The lowest BCUT2D eigenvalue weighted by Gasteiger charge is -2.34.